The fourth-order valence-electron chi connectivity index (χ4n) is 2.82. The van der Waals surface area contributed by atoms with Gasteiger partial charge in [0.1, 0.15) is 0 Å². The van der Waals surface area contributed by atoms with E-state index in [1.54, 1.807) is 7.05 Å². The molecule has 2 aromatic rings. The lowest BCUT2D eigenvalue weighted by Crippen LogP contribution is -2.37. The molecule has 0 atom stereocenters. The number of imidazole rings is 1. The Labute approximate surface area is 120 Å². The Balaban J connectivity index is 1.97. The summed E-state index contributed by atoms with van der Waals surface area (Å²) >= 11 is 0. The van der Waals surface area contributed by atoms with E-state index < -0.39 is 5.69 Å². The first-order valence-corrected chi connectivity index (χ1v) is 6.93. The summed E-state index contributed by atoms with van der Waals surface area (Å²) in [5.41, 5.74) is -0.0803. The van der Waals surface area contributed by atoms with E-state index in [0.717, 1.165) is 24.0 Å². The van der Waals surface area contributed by atoms with E-state index in [1.807, 2.05) is 11.9 Å². The molecular weight excluding hydrogens is 274 g/mol. The summed E-state index contributed by atoms with van der Waals surface area (Å²) in [5, 5.41) is 9.33. The summed E-state index contributed by atoms with van der Waals surface area (Å²) in [4.78, 5) is 33.3. The number of nitrogens with one attached hydrogen (secondary N) is 1. The Hall–Kier alpha value is -2.09. The minimum absolute atomic E-state index is 0.188. The van der Waals surface area contributed by atoms with Gasteiger partial charge in [0.15, 0.2) is 11.2 Å². The molecule has 0 amide bonds. The largest absolute Gasteiger partial charge is 0.393 e. The van der Waals surface area contributed by atoms with Gasteiger partial charge in [-0.15, -0.1) is 0 Å². The van der Waals surface area contributed by atoms with Crippen LogP contribution in [0.4, 0.5) is 5.95 Å². The topological polar surface area (TPSA) is 96.2 Å². The number of hydrogen-bond donors (Lipinski definition) is 2. The third kappa shape index (κ3) is 2.15. The van der Waals surface area contributed by atoms with E-state index in [4.69, 9.17) is 0 Å². The molecule has 2 heterocycles. The highest BCUT2D eigenvalue weighted by Crippen LogP contribution is 2.28. The first-order valence-electron chi connectivity index (χ1n) is 6.93. The second kappa shape index (κ2) is 4.73. The van der Waals surface area contributed by atoms with E-state index in [-0.39, 0.29) is 11.7 Å². The number of fused-ring (bicyclic) bond motifs is 1. The van der Waals surface area contributed by atoms with Crippen molar-refractivity contribution in [2.24, 2.45) is 20.0 Å². The summed E-state index contributed by atoms with van der Waals surface area (Å²) in [6, 6.07) is 0. The molecule has 1 aliphatic carbocycles. The van der Waals surface area contributed by atoms with Gasteiger partial charge >= 0.3 is 5.69 Å². The van der Waals surface area contributed by atoms with Crippen LogP contribution in [-0.2, 0) is 14.1 Å². The number of aliphatic hydroxyl groups excluding tert-OH is 1. The molecule has 8 nitrogen and oxygen atoms in total. The molecule has 0 saturated heterocycles. The van der Waals surface area contributed by atoms with Crippen LogP contribution in [0, 0.1) is 5.92 Å². The summed E-state index contributed by atoms with van der Waals surface area (Å²) in [7, 11) is 4.92. The highest BCUT2D eigenvalue weighted by atomic mass is 16.3. The molecule has 3 rings (SSSR count). The molecule has 8 heteroatoms. The molecule has 0 aliphatic heterocycles. The minimum Gasteiger partial charge on any atom is -0.393 e. The number of aromatic amines is 1. The van der Waals surface area contributed by atoms with Crippen LogP contribution in [0.25, 0.3) is 11.2 Å². The van der Waals surface area contributed by atoms with Gasteiger partial charge in [0.05, 0.1) is 6.10 Å². The van der Waals surface area contributed by atoms with E-state index in [2.05, 4.69) is 9.97 Å². The van der Waals surface area contributed by atoms with E-state index in [1.165, 1.54) is 11.6 Å². The number of aromatic nitrogens is 4. The molecule has 2 N–H and O–H groups in total. The second-order valence-corrected chi connectivity index (χ2v) is 5.84. The zero-order chi connectivity index (χ0) is 15.3. The van der Waals surface area contributed by atoms with Crippen LogP contribution in [0.15, 0.2) is 9.59 Å². The van der Waals surface area contributed by atoms with Crippen molar-refractivity contribution in [3.63, 3.8) is 0 Å². The zero-order valence-corrected chi connectivity index (χ0v) is 12.3. The lowest BCUT2D eigenvalue weighted by Gasteiger charge is -2.34. The molecule has 2 aromatic heterocycles. The smallest absolute Gasteiger partial charge is 0.332 e. The van der Waals surface area contributed by atoms with Gasteiger partial charge in [-0.1, -0.05) is 0 Å². The van der Waals surface area contributed by atoms with Gasteiger partial charge < -0.3 is 15.0 Å². The average molecular weight is 293 g/mol. The standard InChI is InChI=1S/C13H19N5O3/c1-16(6-7-4-8(19)5-7)12-14-9-10(15-12)17(2)13(21)18(3)11(9)20/h7-8,19H,4-6H2,1-3H3,(H,14,15). The van der Waals surface area contributed by atoms with Crippen LogP contribution < -0.4 is 16.1 Å². The van der Waals surface area contributed by atoms with Crippen LogP contribution in [0.5, 0.6) is 0 Å². The van der Waals surface area contributed by atoms with Gasteiger partial charge in [0, 0.05) is 27.7 Å². The fraction of sp³-hybridized carbons (Fsp3) is 0.615. The van der Waals surface area contributed by atoms with Gasteiger partial charge in [-0.2, -0.15) is 4.98 Å². The van der Waals surface area contributed by atoms with Crippen molar-refractivity contribution in [3.05, 3.63) is 20.8 Å². The van der Waals surface area contributed by atoms with Crippen LogP contribution in [-0.4, -0.2) is 43.9 Å². The van der Waals surface area contributed by atoms with E-state index in [9.17, 15) is 14.7 Å². The molecule has 0 spiro atoms. The first kappa shape index (κ1) is 13.9. The first-order chi connectivity index (χ1) is 9.88. The van der Waals surface area contributed by atoms with Crippen molar-refractivity contribution in [1.29, 1.82) is 0 Å². The van der Waals surface area contributed by atoms with Gasteiger partial charge in [-0.3, -0.25) is 13.9 Å². The van der Waals surface area contributed by atoms with E-state index >= 15 is 0 Å². The van der Waals surface area contributed by atoms with Crippen molar-refractivity contribution in [1.82, 2.24) is 19.1 Å². The molecule has 1 aliphatic rings. The van der Waals surface area contributed by atoms with Crippen LogP contribution in [0.2, 0.25) is 0 Å². The predicted molar refractivity (Wildman–Crippen MR) is 78.6 cm³/mol. The molecule has 21 heavy (non-hydrogen) atoms. The van der Waals surface area contributed by atoms with Crippen molar-refractivity contribution in [3.8, 4) is 0 Å². The van der Waals surface area contributed by atoms with Crippen LogP contribution >= 0.6 is 0 Å². The van der Waals surface area contributed by atoms with E-state index in [0.29, 0.717) is 23.0 Å². The predicted octanol–water partition coefficient (Wildman–Crippen LogP) is -0.833. The molecule has 0 radical (unpaired) electrons. The Morgan fingerprint density at radius 2 is 2.00 bits per heavy atom. The maximum atomic E-state index is 12.1. The third-order valence-corrected chi connectivity index (χ3v) is 4.19. The number of hydrogen-bond acceptors (Lipinski definition) is 5. The summed E-state index contributed by atoms with van der Waals surface area (Å²) < 4.78 is 2.42. The molecule has 114 valence electrons. The highest BCUT2D eigenvalue weighted by molar-refractivity contribution is 5.72. The SMILES string of the molecule is CN(CC1CC(O)C1)c1nc2c([nH]1)c(=O)n(C)c(=O)n2C. The maximum absolute atomic E-state index is 12.1. The summed E-state index contributed by atoms with van der Waals surface area (Å²) in [6.45, 7) is 0.755. The number of aryl methyl sites for hydroxylation is 1. The number of rotatable bonds is 3. The Bertz CT molecular complexity index is 796. The van der Waals surface area contributed by atoms with Crippen molar-refractivity contribution in [2.75, 3.05) is 18.5 Å². The van der Waals surface area contributed by atoms with Gasteiger partial charge in [-0.25, -0.2) is 4.79 Å². The molecule has 1 fully saturated rings. The molecule has 0 bridgehead atoms. The molecule has 0 unspecified atom stereocenters. The number of anilines is 1. The van der Waals surface area contributed by atoms with Gasteiger partial charge in [0.2, 0.25) is 5.95 Å². The molecule has 1 saturated carbocycles. The minimum atomic E-state index is -0.393. The van der Waals surface area contributed by atoms with Crippen molar-refractivity contribution in [2.45, 2.75) is 18.9 Å². The zero-order valence-electron chi connectivity index (χ0n) is 12.3. The Morgan fingerprint density at radius 3 is 2.62 bits per heavy atom. The number of H-pyrrole nitrogens is 1. The summed E-state index contributed by atoms with van der Waals surface area (Å²) in [5.74, 6) is 0.995. The number of aliphatic hydroxyl groups is 1. The van der Waals surface area contributed by atoms with Crippen LogP contribution in [0.1, 0.15) is 12.8 Å². The normalized spacial score (nSPS) is 21.5. The third-order valence-electron chi connectivity index (χ3n) is 4.19. The second-order valence-electron chi connectivity index (χ2n) is 5.84. The quantitative estimate of drug-likeness (QED) is 0.770. The lowest BCUT2D eigenvalue weighted by atomic mass is 9.82. The average Bonchev–Trinajstić information content (AvgIpc) is 2.86. The maximum Gasteiger partial charge on any atom is 0.332 e. The Kier molecular flexibility index (Phi) is 3.12. The van der Waals surface area contributed by atoms with Crippen LogP contribution in [0.3, 0.4) is 0 Å². The number of nitrogens with zero attached hydrogens (tertiary/aromatic N) is 4. The van der Waals surface area contributed by atoms with Gasteiger partial charge in [0.25, 0.3) is 5.56 Å². The highest BCUT2D eigenvalue weighted by Gasteiger charge is 2.28. The Morgan fingerprint density at radius 1 is 1.33 bits per heavy atom. The van der Waals surface area contributed by atoms with Crippen molar-refractivity contribution >= 4 is 17.1 Å². The molecule has 0 aromatic carbocycles. The monoisotopic (exact) mass is 293 g/mol. The van der Waals surface area contributed by atoms with Crippen molar-refractivity contribution < 1.29 is 5.11 Å². The van der Waals surface area contributed by atoms with Gasteiger partial charge in [-0.05, 0) is 18.8 Å². The summed E-state index contributed by atoms with van der Waals surface area (Å²) in [6.07, 6.45) is 1.41. The lowest BCUT2D eigenvalue weighted by molar-refractivity contribution is 0.0464. The fourth-order valence-corrected chi connectivity index (χ4v) is 2.82. The molecular formula is C13H19N5O3.